The second-order valence-corrected chi connectivity index (χ2v) is 12.9. The van der Waals surface area contributed by atoms with Crippen molar-refractivity contribution in [1.29, 1.82) is 0 Å². The quantitative estimate of drug-likeness (QED) is 0.112. The molecule has 42 heavy (non-hydrogen) atoms. The van der Waals surface area contributed by atoms with Crippen LogP contribution in [0.3, 0.4) is 0 Å². The zero-order valence-electron chi connectivity index (χ0n) is 25.8. The van der Waals surface area contributed by atoms with Gasteiger partial charge in [0.1, 0.15) is 15.8 Å². The molecular formula is C28H48ClIN2O10. The third kappa shape index (κ3) is 17.9. The lowest BCUT2D eigenvalue weighted by Gasteiger charge is -2.33. The van der Waals surface area contributed by atoms with Gasteiger partial charge in [0.2, 0.25) is 0 Å². The first-order chi connectivity index (χ1) is 19.6. The van der Waals surface area contributed by atoms with Crippen LogP contribution < -0.4 is 0 Å². The van der Waals surface area contributed by atoms with Crippen LogP contribution in [0.25, 0.3) is 0 Å². The highest BCUT2D eigenvalue weighted by molar-refractivity contribution is 14.1. The predicted molar refractivity (Wildman–Crippen MR) is 165 cm³/mol. The first kappa shape index (κ1) is 38.1. The molecule has 0 radical (unpaired) electrons. The Morgan fingerprint density at radius 1 is 0.667 bits per heavy atom. The summed E-state index contributed by atoms with van der Waals surface area (Å²) in [6.45, 7) is 14.6. The number of nitrogens with zero attached hydrogens (tertiary/aromatic N) is 2. The second-order valence-electron chi connectivity index (χ2n) is 12.1. The summed E-state index contributed by atoms with van der Waals surface area (Å²) in [4.78, 5) is 49.3. The Balaban J connectivity index is 0.000000420. The maximum Gasteiger partial charge on any atom is 0.509 e. The fourth-order valence-electron chi connectivity index (χ4n) is 4.25. The molecule has 2 saturated heterocycles. The van der Waals surface area contributed by atoms with Crippen molar-refractivity contribution >= 4 is 58.7 Å². The summed E-state index contributed by atoms with van der Waals surface area (Å²) in [5, 5.41) is 0. The maximum absolute atomic E-state index is 11.9. The van der Waals surface area contributed by atoms with E-state index in [1.807, 2.05) is 64.1 Å². The zero-order chi connectivity index (χ0) is 31.8. The first-order valence-electron chi connectivity index (χ1n) is 14.3. The van der Waals surface area contributed by atoms with Crippen LogP contribution in [-0.2, 0) is 28.4 Å². The van der Waals surface area contributed by atoms with Crippen LogP contribution in [-0.4, -0.2) is 95.6 Å². The Labute approximate surface area is 268 Å². The lowest BCUT2D eigenvalue weighted by atomic mass is 9.94. The average Bonchev–Trinajstić information content (AvgIpc) is 2.88. The highest BCUT2D eigenvalue weighted by Crippen LogP contribution is 2.23. The van der Waals surface area contributed by atoms with Crippen molar-refractivity contribution in [2.75, 3.05) is 50.1 Å². The number of hydrogen-bond donors (Lipinski definition) is 0. The Morgan fingerprint density at radius 2 is 1.02 bits per heavy atom. The Morgan fingerprint density at radius 3 is 1.33 bits per heavy atom. The summed E-state index contributed by atoms with van der Waals surface area (Å²) in [6, 6.07) is -0.201. The average molecular weight is 735 g/mol. The number of rotatable bonds is 8. The third-order valence-electron chi connectivity index (χ3n) is 6.37. The van der Waals surface area contributed by atoms with Gasteiger partial charge in [0.25, 0.3) is 0 Å². The summed E-state index contributed by atoms with van der Waals surface area (Å²) in [5.74, 6) is 0.906. The Hall–Kier alpha value is -1.90. The van der Waals surface area contributed by atoms with E-state index in [0.29, 0.717) is 55.8 Å². The van der Waals surface area contributed by atoms with Gasteiger partial charge in [-0.3, -0.25) is 0 Å². The van der Waals surface area contributed by atoms with Crippen LogP contribution in [0, 0.1) is 11.8 Å². The van der Waals surface area contributed by atoms with E-state index in [0.717, 1.165) is 38.5 Å². The number of hydrogen-bond acceptors (Lipinski definition) is 10. The lowest BCUT2D eigenvalue weighted by molar-refractivity contribution is 0.0155. The fraction of sp³-hybridized carbons (Fsp3) is 0.857. The van der Waals surface area contributed by atoms with E-state index in [2.05, 4.69) is 9.47 Å². The number of piperidine rings is 2. The minimum Gasteiger partial charge on any atom is -0.444 e. The van der Waals surface area contributed by atoms with Gasteiger partial charge in [0.15, 0.2) is 6.07 Å². The van der Waals surface area contributed by atoms with Gasteiger partial charge in [-0.1, -0.05) is 11.6 Å². The zero-order valence-corrected chi connectivity index (χ0v) is 28.7. The monoisotopic (exact) mass is 734 g/mol. The summed E-state index contributed by atoms with van der Waals surface area (Å²) in [6.07, 6.45) is 3.28. The molecular weight excluding hydrogens is 687 g/mol. The number of halogens is 2. The number of carbonyl (C=O) groups is 4. The van der Waals surface area contributed by atoms with Gasteiger partial charge in [-0.05, 0) is 114 Å². The molecule has 2 heterocycles. The first-order valence-corrected chi connectivity index (χ1v) is 16.4. The Kier molecular flexibility index (Phi) is 17.6. The molecule has 2 rings (SSSR count). The summed E-state index contributed by atoms with van der Waals surface area (Å²) >= 11 is 7.19. The van der Waals surface area contributed by atoms with E-state index < -0.39 is 23.5 Å². The molecule has 2 aliphatic rings. The predicted octanol–water partition coefficient (Wildman–Crippen LogP) is 6.94. The molecule has 0 aliphatic carbocycles. The minimum atomic E-state index is -0.740. The molecule has 0 unspecified atom stereocenters. The largest absolute Gasteiger partial charge is 0.509 e. The fourth-order valence-corrected chi connectivity index (χ4v) is 4.60. The number of carbonyl (C=O) groups excluding carboxylic acids is 4. The number of likely N-dealkylation sites (tertiary alicyclic amines) is 2. The minimum absolute atomic E-state index is 0.201. The van der Waals surface area contributed by atoms with Crippen molar-refractivity contribution < 1.29 is 47.6 Å². The van der Waals surface area contributed by atoms with Crippen molar-refractivity contribution in [3.8, 4) is 0 Å². The molecule has 244 valence electrons. The van der Waals surface area contributed by atoms with Gasteiger partial charge in [-0.15, -0.1) is 0 Å². The molecule has 0 spiro atoms. The highest BCUT2D eigenvalue weighted by atomic mass is 127. The topological polar surface area (TPSA) is 130 Å². The highest BCUT2D eigenvalue weighted by Gasteiger charge is 2.28. The maximum atomic E-state index is 11.9. The smallest absolute Gasteiger partial charge is 0.444 e. The standard InChI is InChI=1S/C14H24ClNO5.C14H24INO5/c2*1-14(2,3)21-12(17)16-7-4-11(5-8-16)6-9-19-13(18)20-10-15/h2*11H,4-10H2,1-3H3. The molecule has 0 saturated carbocycles. The third-order valence-corrected chi connectivity index (χ3v) is 6.79. The molecule has 0 atom stereocenters. The van der Waals surface area contributed by atoms with Crippen molar-refractivity contribution in [2.24, 2.45) is 11.8 Å². The lowest BCUT2D eigenvalue weighted by Crippen LogP contribution is -2.41. The van der Waals surface area contributed by atoms with Gasteiger partial charge < -0.3 is 38.2 Å². The van der Waals surface area contributed by atoms with Crippen molar-refractivity contribution in [3.63, 3.8) is 0 Å². The van der Waals surface area contributed by atoms with Crippen LogP contribution >= 0.6 is 34.2 Å². The van der Waals surface area contributed by atoms with Gasteiger partial charge in [-0.25, -0.2) is 19.2 Å². The normalized spacial score (nSPS) is 16.5. The molecule has 12 nitrogen and oxygen atoms in total. The van der Waals surface area contributed by atoms with Crippen LogP contribution in [0.1, 0.15) is 80.1 Å². The van der Waals surface area contributed by atoms with Gasteiger partial charge in [-0.2, -0.15) is 0 Å². The molecule has 2 fully saturated rings. The van der Waals surface area contributed by atoms with E-state index in [1.54, 1.807) is 9.80 Å². The van der Waals surface area contributed by atoms with Crippen molar-refractivity contribution in [1.82, 2.24) is 9.80 Å². The summed E-state index contributed by atoms with van der Waals surface area (Å²) in [7, 11) is 0. The van der Waals surface area contributed by atoms with E-state index >= 15 is 0 Å². The van der Waals surface area contributed by atoms with Crippen LogP contribution in [0.5, 0.6) is 0 Å². The van der Waals surface area contributed by atoms with Crippen LogP contribution in [0.2, 0.25) is 0 Å². The molecule has 0 aromatic rings. The van der Waals surface area contributed by atoms with E-state index in [9.17, 15) is 19.2 Å². The number of alkyl halides is 2. The molecule has 14 heteroatoms. The summed E-state index contributed by atoms with van der Waals surface area (Å²) < 4.78 is 30.0. The van der Waals surface area contributed by atoms with Gasteiger partial charge >= 0.3 is 24.5 Å². The van der Waals surface area contributed by atoms with Crippen molar-refractivity contribution in [2.45, 2.75) is 91.3 Å². The molecule has 0 bridgehead atoms. The van der Waals surface area contributed by atoms with Gasteiger partial charge in [0.05, 0.1) is 13.2 Å². The van der Waals surface area contributed by atoms with Crippen molar-refractivity contribution in [3.05, 3.63) is 0 Å². The summed E-state index contributed by atoms with van der Waals surface area (Å²) in [5.41, 5.74) is -0.925. The molecule has 0 N–H and O–H groups in total. The number of ether oxygens (including phenoxy) is 6. The SMILES string of the molecule is CC(C)(C)OC(=O)N1CCC(CCOC(=O)OCCl)CC1.CC(C)(C)OC(=O)N1CCC(CCOC(=O)OCI)CC1. The van der Waals surface area contributed by atoms with Gasteiger partial charge in [0, 0.05) is 26.2 Å². The molecule has 2 amide bonds. The van der Waals surface area contributed by atoms with E-state index in [1.165, 1.54) is 0 Å². The molecule has 2 aliphatic heterocycles. The molecule has 0 aromatic heterocycles. The van der Waals surface area contributed by atoms with E-state index in [4.69, 9.17) is 30.5 Å². The number of amides is 2. The van der Waals surface area contributed by atoms with Crippen LogP contribution in [0.4, 0.5) is 19.2 Å². The second kappa shape index (κ2) is 19.4. The molecule has 0 aromatic carbocycles. The Bertz CT molecular complexity index is 766. The van der Waals surface area contributed by atoms with E-state index in [-0.39, 0.29) is 18.3 Å². The van der Waals surface area contributed by atoms with Crippen LogP contribution in [0.15, 0.2) is 0 Å².